The van der Waals surface area contributed by atoms with E-state index in [1.54, 1.807) is 30.3 Å². The van der Waals surface area contributed by atoms with Crippen LogP contribution in [0.15, 0.2) is 46.9 Å². The van der Waals surface area contributed by atoms with Gasteiger partial charge in [-0.1, -0.05) is 32.0 Å². The Morgan fingerprint density at radius 3 is 2.50 bits per heavy atom. The molecule has 0 spiro atoms. The summed E-state index contributed by atoms with van der Waals surface area (Å²) in [5, 5.41) is 2.45. The van der Waals surface area contributed by atoms with E-state index in [1.165, 1.54) is 0 Å². The van der Waals surface area contributed by atoms with E-state index in [2.05, 4.69) is 32.1 Å². The summed E-state index contributed by atoms with van der Waals surface area (Å²) in [5.74, 6) is 0.430. The smallest absolute Gasteiger partial charge is 0.276 e. The molecule has 2 aromatic carbocycles. The van der Waals surface area contributed by atoms with E-state index in [0.717, 1.165) is 10.0 Å². The highest BCUT2D eigenvalue weighted by molar-refractivity contribution is 9.10. The number of para-hydroxylation sites is 1. The molecule has 2 amide bonds. The van der Waals surface area contributed by atoms with Crippen LogP contribution >= 0.6 is 28.1 Å². The van der Waals surface area contributed by atoms with Gasteiger partial charge in [0.2, 0.25) is 0 Å². The molecule has 160 valence electrons. The second kappa shape index (κ2) is 11.5. The monoisotopic (exact) mass is 493 g/mol. The van der Waals surface area contributed by atoms with Gasteiger partial charge in [-0.2, -0.15) is 0 Å². The van der Waals surface area contributed by atoms with Crippen LogP contribution < -0.4 is 25.6 Å². The van der Waals surface area contributed by atoms with Crippen molar-refractivity contribution in [3.8, 4) is 11.5 Å². The third kappa shape index (κ3) is 7.64. The molecule has 0 aliphatic carbocycles. The number of halogens is 1. The number of hydrogen-bond acceptors (Lipinski definition) is 5. The molecular formula is C21H24BrN3O4S. The maximum absolute atomic E-state index is 12.5. The van der Waals surface area contributed by atoms with Crippen LogP contribution in [0.5, 0.6) is 11.5 Å². The van der Waals surface area contributed by atoms with Crippen molar-refractivity contribution < 1.29 is 19.1 Å². The van der Waals surface area contributed by atoms with Gasteiger partial charge in [0.1, 0.15) is 11.5 Å². The molecule has 0 aromatic heterocycles. The van der Waals surface area contributed by atoms with Crippen molar-refractivity contribution in [2.45, 2.75) is 20.8 Å². The zero-order valence-electron chi connectivity index (χ0n) is 17.0. The molecule has 0 aliphatic rings. The van der Waals surface area contributed by atoms with Crippen LogP contribution in [0.25, 0.3) is 0 Å². The SMILES string of the molecule is Cc1ccc(OCC(=O)NNC(=S)NC(=O)c2ccccc2OCC(C)C)c(Br)c1. The molecule has 9 heteroatoms. The first-order valence-corrected chi connectivity index (χ1v) is 10.5. The minimum Gasteiger partial charge on any atom is -0.492 e. The van der Waals surface area contributed by atoms with E-state index in [0.29, 0.717) is 29.6 Å². The summed E-state index contributed by atoms with van der Waals surface area (Å²) in [6.07, 6.45) is 0. The third-order valence-electron chi connectivity index (χ3n) is 3.69. The molecular weight excluding hydrogens is 470 g/mol. The molecule has 7 nitrogen and oxygen atoms in total. The summed E-state index contributed by atoms with van der Waals surface area (Å²) in [4.78, 5) is 24.4. The number of carbonyl (C=O) groups excluding carboxylic acids is 2. The van der Waals surface area contributed by atoms with Gasteiger partial charge in [-0.05, 0) is 70.8 Å². The lowest BCUT2D eigenvalue weighted by Gasteiger charge is -2.14. The Morgan fingerprint density at radius 2 is 1.80 bits per heavy atom. The maximum Gasteiger partial charge on any atom is 0.276 e. The molecule has 0 fully saturated rings. The van der Waals surface area contributed by atoms with E-state index in [1.807, 2.05) is 32.9 Å². The molecule has 0 unspecified atom stereocenters. The van der Waals surface area contributed by atoms with Gasteiger partial charge in [0.15, 0.2) is 11.7 Å². The van der Waals surface area contributed by atoms with Crippen LogP contribution in [-0.2, 0) is 4.79 Å². The van der Waals surface area contributed by atoms with Gasteiger partial charge in [-0.25, -0.2) is 0 Å². The number of benzene rings is 2. The van der Waals surface area contributed by atoms with Crippen molar-refractivity contribution in [1.82, 2.24) is 16.2 Å². The van der Waals surface area contributed by atoms with Gasteiger partial charge in [-0.15, -0.1) is 0 Å². The standard InChI is InChI=1S/C21H24BrN3O4S/c1-13(2)11-28-17-7-5-4-6-15(17)20(27)23-21(30)25-24-19(26)12-29-18-9-8-14(3)10-16(18)22/h4-10,13H,11-12H2,1-3H3,(H,24,26)(H2,23,25,27,30). The number of aryl methyl sites for hydroxylation is 1. The molecule has 0 atom stereocenters. The van der Waals surface area contributed by atoms with Crippen molar-refractivity contribution in [2.75, 3.05) is 13.2 Å². The predicted molar refractivity (Wildman–Crippen MR) is 122 cm³/mol. The van der Waals surface area contributed by atoms with Gasteiger partial charge in [0.25, 0.3) is 11.8 Å². The Morgan fingerprint density at radius 1 is 1.07 bits per heavy atom. The summed E-state index contributed by atoms with van der Waals surface area (Å²) in [5.41, 5.74) is 6.27. The number of rotatable bonds is 7. The molecule has 2 aromatic rings. The first-order valence-electron chi connectivity index (χ1n) is 9.27. The fourth-order valence-electron chi connectivity index (χ4n) is 2.27. The van der Waals surface area contributed by atoms with E-state index >= 15 is 0 Å². The average molecular weight is 494 g/mol. The normalized spacial score (nSPS) is 10.3. The van der Waals surface area contributed by atoms with Crippen molar-refractivity contribution in [2.24, 2.45) is 5.92 Å². The molecule has 30 heavy (non-hydrogen) atoms. The lowest BCUT2D eigenvalue weighted by atomic mass is 10.2. The Kier molecular flexibility index (Phi) is 9.07. The van der Waals surface area contributed by atoms with Gasteiger partial charge in [0.05, 0.1) is 16.6 Å². The molecule has 0 saturated carbocycles. The molecule has 0 aliphatic heterocycles. The van der Waals surface area contributed by atoms with Gasteiger partial charge >= 0.3 is 0 Å². The molecule has 0 heterocycles. The maximum atomic E-state index is 12.5. The fraction of sp³-hybridized carbons (Fsp3) is 0.286. The zero-order valence-corrected chi connectivity index (χ0v) is 19.4. The number of hydrogen-bond donors (Lipinski definition) is 3. The van der Waals surface area contributed by atoms with Gasteiger partial charge in [0, 0.05) is 0 Å². The summed E-state index contributed by atoms with van der Waals surface area (Å²) in [7, 11) is 0. The van der Waals surface area contributed by atoms with Crippen molar-refractivity contribution in [3.63, 3.8) is 0 Å². The highest BCUT2D eigenvalue weighted by Gasteiger charge is 2.14. The summed E-state index contributed by atoms with van der Waals surface area (Å²) < 4.78 is 11.9. The van der Waals surface area contributed by atoms with Crippen LogP contribution in [0, 0.1) is 12.8 Å². The van der Waals surface area contributed by atoms with Crippen molar-refractivity contribution in [1.29, 1.82) is 0 Å². The number of nitrogens with one attached hydrogen (secondary N) is 3. The van der Waals surface area contributed by atoms with Crippen LogP contribution in [0.4, 0.5) is 0 Å². The number of hydrazine groups is 1. The van der Waals surface area contributed by atoms with E-state index in [-0.39, 0.29) is 11.7 Å². The topological polar surface area (TPSA) is 88.7 Å². The van der Waals surface area contributed by atoms with Crippen LogP contribution in [-0.4, -0.2) is 30.1 Å². The van der Waals surface area contributed by atoms with E-state index in [4.69, 9.17) is 21.7 Å². The number of carbonyl (C=O) groups is 2. The highest BCUT2D eigenvalue weighted by Crippen LogP contribution is 2.25. The lowest BCUT2D eigenvalue weighted by Crippen LogP contribution is -2.49. The largest absolute Gasteiger partial charge is 0.492 e. The summed E-state index contributed by atoms with van der Waals surface area (Å²) in [6.45, 7) is 6.25. The summed E-state index contributed by atoms with van der Waals surface area (Å²) in [6, 6.07) is 12.4. The third-order valence-corrected chi connectivity index (χ3v) is 4.52. The first kappa shape index (κ1) is 23.6. The van der Waals surface area contributed by atoms with Crippen LogP contribution in [0.1, 0.15) is 29.8 Å². The van der Waals surface area contributed by atoms with E-state index in [9.17, 15) is 9.59 Å². The van der Waals surface area contributed by atoms with Gasteiger partial charge in [-0.3, -0.25) is 25.8 Å². The fourth-order valence-corrected chi connectivity index (χ4v) is 3.02. The Bertz CT molecular complexity index is 921. The highest BCUT2D eigenvalue weighted by atomic mass is 79.9. The summed E-state index contributed by atoms with van der Waals surface area (Å²) >= 11 is 8.45. The molecule has 0 bridgehead atoms. The Hall–Kier alpha value is -2.65. The van der Waals surface area contributed by atoms with Crippen molar-refractivity contribution >= 4 is 45.1 Å². The van der Waals surface area contributed by atoms with Crippen molar-refractivity contribution in [3.05, 3.63) is 58.1 Å². The van der Waals surface area contributed by atoms with Gasteiger partial charge < -0.3 is 9.47 Å². The van der Waals surface area contributed by atoms with Crippen LogP contribution in [0.3, 0.4) is 0 Å². The Balaban J connectivity index is 1.81. The number of thiocarbonyl (C=S) groups is 1. The average Bonchev–Trinajstić information content (AvgIpc) is 2.70. The molecule has 0 radical (unpaired) electrons. The molecule has 3 N–H and O–H groups in total. The predicted octanol–water partition coefficient (Wildman–Crippen LogP) is 3.51. The second-order valence-electron chi connectivity index (χ2n) is 6.88. The molecule has 2 rings (SSSR count). The molecule has 0 saturated heterocycles. The lowest BCUT2D eigenvalue weighted by molar-refractivity contribution is -0.123. The number of amides is 2. The minimum atomic E-state index is -0.459. The second-order valence-corrected chi connectivity index (χ2v) is 8.14. The zero-order chi connectivity index (χ0) is 22.1. The quantitative estimate of drug-likeness (QED) is 0.404. The van der Waals surface area contributed by atoms with Crippen LogP contribution in [0.2, 0.25) is 0 Å². The number of ether oxygens (including phenoxy) is 2. The first-order chi connectivity index (χ1) is 14.3. The Labute approximate surface area is 189 Å². The minimum absolute atomic E-state index is 0.0523. The van der Waals surface area contributed by atoms with E-state index < -0.39 is 11.8 Å².